The van der Waals surface area contributed by atoms with Gasteiger partial charge in [-0.05, 0) is 44.6 Å². The third-order valence-corrected chi connectivity index (χ3v) is 5.34. The van der Waals surface area contributed by atoms with Gasteiger partial charge in [-0.1, -0.05) is 13.8 Å². The maximum Gasteiger partial charge on any atom is 0.144 e. The fourth-order valence-corrected chi connectivity index (χ4v) is 3.01. The fraction of sp³-hybridized carbons (Fsp3) is 0.600. The van der Waals surface area contributed by atoms with E-state index in [0.29, 0.717) is 5.56 Å². The quantitative estimate of drug-likeness (QED) is 0.856. The second-order valence-electron chi connectivity index (χ2n) is 4.86. The first-order valence-corrected chi connectivity index (χ1v) is 7.91. The highest BCUT2D eigenvalue weighted by molar-refractivity contribution is 8.00. The number of rotatable bonds is 6. The number of nitrogens with zero attached hydrogens (tertiary/aromatic N) is 2. The molecule has 0 aliphatic heterocycles. The first-order chi connectivity index (χ1) is 9.01. The molecule has 0 aliphatic rings. The van der Waals surface area contributed by atoms with Crippen molar-refractivity contribution < 1.29 is 0 Å². The van der Waals surface area contributed by atoms with Crippen molar-refractivity contribution >= 4 is 17.6 Å². The van der Waals surface area contributed by atoms with E-state index < -0.39 is 0 Å². The van der Waals surface area contributed by atoms with Crippen molar-refractivity contribution in [3.8, 4) is 6.07 Å². The molecule has 0 atom stereocenters. The Hall–Kier alpha value is -1.21. The zero-order chi connectivity index (χ0) is 14.5. The Morgan fingerprint density at radius 2 is 2.00 bits per heavy atom. The van der Waals surface area contributed by atoms with Crippen LogP contribution in [0.15, 0.2) is 6.07 Å². The van der Waals surface area contributed by atoms with Crippen molar-refractivity contribution in [2.75, 3.05) is 18.1 Å². The Balaban J connectivity index is 2.98. The molecule has 1 N–H and O–H groups in total. The van der Waals surface area contributed by atoms with Crippen LogP contribution in [0.3, 0.4) is 0 Å². The number of aromatic nitrogens is 1. The van der Waals surface area contributed by atoms with E-state index in [9.17, 15) is 5.26 Å². The van der Waals surface area contributed by atoms with Crippen LogP contribution in [0.2, 0.25) is 0 Å². The summed E-state index contributed by atoms with van der Waals surface area (Å²) in [5.41, 5.74) is 2.59. The molecule has 1 aromatic heterocycles. The second kappa shape index (κ2) is 6.81. The molecule has 0 radical (unpaired) electrons. The predicted octanol–water partition coefficient (Wildman–Crippen LogP) is 3.90. The van der Waals surface area contributed by atoms with E-state index in [-0.39, 0.29) is 4.75 Å². The van der Waals surface area contributed by atoms with Crippen LogP contribution in [-0.4, -0.2) is 22.5 Å². The summed E-state index contributed by atoms with van der Waals surface area (Å²) in [4.78, 5) is 4.47. The van der Waals surface area contributed by atoms with Crippen LogP contribution in [-0.2, 0) is 0 Å². The highest BCUT2D eigenvalue weighted by Crippen LogP contribution is 2.31. The lowest BCUT2D eigenvalue weighted by Gasteiger charge is -2.30. The Morgan fingerprint density at radius 1 is 1.37 bits per heavy atom. The minimum Gasteiger partial charge on any atom is -0.368 e. The van der Waals surface area contributed by atoms with Crippen LogP contribution in [0.5, 0.6) is 0 Å². The molecule has 0 aromatic carbocycles. The van der Waals surface area contributed by atoms with Crippen molar-refractivity contribution in [1.82, 2.24) is 4.98 Å². The van der Waals surface area contributed by atoms with Crippen molar-refractivity contribution in [2.24, 2.45) is 0 Å². The Bertz CT molecular complexity index is 465. The van der Waals surface area contributed by atoms with E-state index in [1.807, 2.05) is 31.7 Å². The van der Waals surface area contributed by atoms with Crippen LogP contribution in [0.25, 0.3) is 0 Å². The zero-order valence-electron chi connectivity index (χ0n) is 12.5. The molecule has 0 fully saturated rings. The number of thioether (sulfide) groups is 1. The molecule has 4 heteroatoms. The minimum absolute atomic E-state index is 0.214. The predicted molar refractivity (Wildman–Crippen MR) is 83.7 cm³/mol. The summed E-state index contributed by atoms with van der Waals surface area (Å²) in [5.74, 6) is 0.723. The molecular formula is C15H23N3S. The average Bonchev–Trinajstić information content (AvgIpc) is 2.40. The SMILES string of the molecule is CCC(CC)(CNc1nc(C)cc(C)c1C#N)SC. The largest absolute Gasteiger partial charge is 0.368 e. The lowest BCUT2D eigenvalue weighted by Crippen LogP contribution is -2.32. The minimum atomic E-state index is 0.214. The van der Waals surface area contributed by atoms with Gasteiger partial charge in [0, 0.05) is 17.0 Å². The van der Waals surface area contributed by atoms with Gasteiger partial charge in [-0.3, -0.25) is 0 Å². The molecule has 0 spiro atoms. The molecule has 0 unspecified atom stereocenters. The summed E-state index contributed by atoms with van der Waals surface area (Å²) in [6.07, 6.45) is 4.35. The number of hydrogen-bond donors (Lipinski definition) is 1. The van der Waals surface area contributed by atoms with Gasteiger partial charge in [0.1, 0.15) is 11.9 Å². The fourth-order valence-electron chi connectivity index (χ4n) is 2.21. The average molecular weight is 277 g/mol. The van der Waals surface area contributed by atoms with Gasteiger partial charge in [-0.25, -0.2) is 4.98 Å². The number of pyridine rings is 1. The van der Waals surface area contributed by atoms with E-state index in [1.54, 1.807) is 0 Å². The number of hydrogen-bond acceptors (Lipinski definition) is 4. The molecule has 0 bridgehead atoms. The third kappa shape index (κ3) is 3.63. The van der Waals surface area contributed by atoms with Crippen LogP contribution in [0.1, 0.15) is 43.5 Å². The van der Waals surface area contributed by atoms with Gasteiger partial charge < -0.3 is 5.32 Å². The van der Waals surface area contributed by atoms with Crippen molar-refractivity contribution in [3.63, 3.8) is 0 Å². The maximum atomic E-state index is 9.26. The van der Waals surface area contributed by atoms with Gasteiger partial charge in [0.15, 0.2) is 0 Å². The Morgan fingerprint density at radius 3 is 2.47 bits per heavy atom. The molecule has 0 aliphatic carbocycles. The van der Waals surface area contributed by atoms with Crippen LogP contribution < -0.4 is 5.32 Å². The number of anilines is 1. The third-order valence-electron chi connectivity index (χ3n) is 3.76. The molecular weight excluding hydrogens is 254 g/mol. The van der Waals surface area contributed by atoms with E-state index in [1.165, 1.54) is 0 Å². The number of nitriles is 1. The first-order valence-electron chi connectivity index (χ1n) is 6.69. The summed E-state index contributed by atoms with van der Waals surface area (Å²) >= 11 is 1.89. The molecule has 3 nitrogen and oxygen atoms in total. The second-order valence-corrected chi connectivity index (χ2v) is 6.14. The molecule has 0 saturated carbocycles. The Labute approximate surface area is 120 Å². The standard InChI is InChI=1S/C15H23N3S/c1-6-15(7-2,19-5)10-17-14-13(9-16)11(3)8-12(4)18-14/h8H,6-7,10H2,1-5H3,(H,17,18). The molecule has 1 rings (SSSR count). The monoisotopic (exact) mass is 277 g/mol. The summed E-state index contributed by atoms with van der Waals surface area (Å²) in [6.45, 7) is 9.18. The lowest BCUT2D eigenvalue weighted by atomic mass is 10.0. The smallest absolute Gasteiger partial charge is 0.144 e. The molecule has 0 saturated heterocycles. The van der Waals surface area contributed by atoms with Crippen molar-refractivity contribution in [3.05, 3.63) is 22.9 Å². The first kappa shape index (κ1) is 15.8. The van der Waals surface area contributed by atoms with Gasteiger partial charge in [-0.2, -0.15) is 17.0 Å². The topological polar surface area (TPSA) is 48.7 Å². The van der Waals surface area contributed by atoms with Gasteiger partial charge in [0.05, 0.1) is 5.56 Å². The number of nitrogens with one attached hydrogen (secondary N) is 1. The molecule has 1 aromatic rings. The van der Waals surface area contributed by atoms with E-state index >= 15 is 0 Å². The van der Waals surface area contributed by atoms with E-state index in [2.05, 4.69) is 36.5 Å². The molecule has 1 heterocycles. The van der Waals surface area contributed by atoms with Crippen molar-refractivity contribution in [2.45, 2.75) is 45.3 Å². The summed E-state index contributed by atoms with van der Waals surface area (Å²) in [7, 11) is 0. The van der Waals surface area contributed by atoms with Crippen LogP contribution in [0.4, 0.5) is 5.82 Å². The molecule has 104 valence electrons. The highest BCUT2D eigenvalue weighted by atomic mass is 32.2. The van der Waals surface area contributed by atoms with E-state index in [0.717, 1.165) is 36.5 Å². The maximum absolute atomic E-state index is 9.26. The normalized spacial score (nSPS) is 11.2. The molecule has 0 amide bonds. The van der Waals surface area contributed by atoms with Crippen LogP contribution in [0, 0.1) is 25.2 Å². The molecule has 19 heavy (non-hydrogen) atoms. The summed E-state index contributed by atoms with van der Waals surface area (Å²) in [5, 5.41) is 12.6. The van der Waals surface area contributed by atoms with Gasteiger partial charge >= 0.3 is 0 Å². The highest BCUT2D eigenvalue weighted by Gasteiger charge is 2.25. The summed E-state index contributed by atoms with van der Waals surface area (Å²) < 4.78 is 0.214. The summed E-state index contributed by atoms with van der Waals surface area (Å²) in [6, 6.07) is 4.20. The van der Waals surface area contributed by atoms with E-state index in [4.69, 9.17) is 0 Å². The van der Waals surface area contributed by atoms with Gasteiger partial charge in [-0.15, -0.1) is 0 Å². The Kier molecular flexibility index (Phi) is 5.68. The van der Waals surface area contributed by atoms with Gasteiger partial charge in [0.2, 0.25) is 0 Å². The lowest BCUT2D eigenvalue weighted by molar-refractivity contribution is 0.574. The van der Waals surface area contributed by atoms with Gasteiger partial charge in [0.25, 0.3) is 0 Å². The number of aryl methyl sites for hydroxylation is 2. The van der Waals surface area contributed by atoms with Crippen LogP contribution >= 0.6 is 11.8 Å². The van der Waals surface area contributed by atoms with Crippen molar-refractivity contribution in [1.29, 1.82) is 5.26 Å². The zero-order valence-corrected chi connectivity index (χ0v) is 13.3.